The van der Waals surface area contributed by atoms with Gasteiger partial charge in [-0.1, -0.05) is 0 Å². The van der Waals surface area contributed by atoms with E-state index in [1.807, 2.05) is 6.92 Å². The number of hydrogen-bond acceptors (Lipinski definition) is 6. The van der Waals surface area contributed by atoms with Crippen LogP contribution in [-0.2, 0) is 16.6 Å². The van der Waals surface area contributed by atoms with Gasteiger partial charge in [-0.3, -0.25) is 0 Å². The average molecular weight is 362 g/mol. The van der Waals surface area contributed by atoms with Crippen LogP contribution >= 0.6 is 0 Å². The predicted molar refractivity (Wildman–Crippen MR) is 95.1 cm³/mol. The van der Waals surface area contributed by atoms with Crippen LogP contribution in [0.4, 0.5) is 5.95 Å². The van der Waals surface area contributed by atoms with Crippen molar-refractivity contribution < 1.29 is 13.2 Å². The number of benzene rings is 1. The normalized spacial score (nSPS) is 14.7. The summed E-state index contributed by atoms with van der Waals surface area (Å²) >= 11 is 0. The van der Waals surface area contributed by atoms with Crippen LogP contribution in [0.25, 0.3) is 0 Å². The van der Waals surface area contributed by atoms with Gasteiger partial charge in [0.15, 0.2) is 0 Å². The number of ether oxygens (including phenoxy) is 1. The van der Waals surface area contributed by atoms with E-state index in [1.165, 1.54) is 12.1 Å². The monoisotopic (exact) mass is 362 g/mol. The highest BCUT2D eigenvalue weighted by Gasteiger charge is 2.17. The van der Waals surface area contributed by atoms with Crippen molar-refractivity contribution >= 4 is 16.0 Å². The number of rotatable bonds is 7. The summed E-state index contributed by atoms with van der Waals surface area (Å²) in [4.78, 5) is 11.0. The lowest BCUT2D eigenvalue weighted by molar-refractivity contribution is 0.340. The molecule has 1 aromatic heterocycles. The molecular formula is C17H22N4O3S. The molecule has 1 fully saturated rings. The molecule has 134 valence electrons. The van der Waals surface area contributed by atoms with Crippen LogP contribution in [0.5, 0.6) is 5.75 Å². The Morgan fingerprint density at radius 2 is 1.88 bits per heavy atom. The van der Waals surface area contributed by atoms with Crippen LogP contribution in [0.15, 0.2) is 41.4 Å². The first-order valence-electron chi connectivity index (χ1n) is 8.38. The van der Waals surface area contributed by atoms with Gasteiger partial charge < -0.3 is 9.64 Å². The Balaban J connectivity index is 1.66. The van der Waals surface area contributed by atoms with Gasteiger partial charge in [0, 0.05) is 19.3 Å². The minimum atomic E-state index is -3.60. The number of aromatic nitrogens is 2. The van der Waals surface area contributed by atoms with Gasteiger partial charge in [-0.15, -0.1) is 0 Å². The maximum atomic E-state index is 12.4. The molecule has 1 aliphatic heterocycles. The Morgan fingerprint density at radius 1 is 1.16 bits per heavy atom. The maximum Gasteiger partial charge on any atom is 0.240 e. The standard InChI is InChI=1S/C17H22N4O3S/c1-2-24-15-5-7-16(8-6-15)25(22,23)19-13-14-9-10-18-17(20-14)21-11-3-4-12-21/h5-10,19H,2-4,11-13H2,1H3. The average Bonchev–Trinajstić information content (AvgIpc) is 3.16. The molecule has 1 aromatic carbocycles. The molecule has 0 atom stereocenters. The third kappa shape index (κ3) is 4.46. The van der Waals surface area contributed by atoms with Crippen LogP contribution in [0.2, 0.25) is 0 Å². The van der Waals surface area contributed by atoms with Crippen LogP contribution < -0.4 is 14.4 Å². The fraction of sp³-hybridized carbons (Fsp3) is 0.412. The fourth-order valence-corrected chi connectivity index (χ4v) is 3.69. The van der Waals surface area contributed by atoms with Crippen molar-refractivity contribution in [3.63, 3.8) is 0 Å². The minimum Gasteiger partial charge on any atom is -0.494 e. The second-order valence-electron chi connectivity index (χ2n) is 5.77. The van der Waals surface area contributed by atoms with Crippen molar-refractivity contribution in [2.45, 2.75) is 31.2 Å². The van der Waals surface area contributed by atoms with Crippen molar-refractivity contribution in [2.75, 3.05) is 24.6 Å². The Labute approximate surface area is 148 Å². The van der Waals surface area contributed by atoms with Crippen molar-refractivity contribution in [3.05, 3.63) is 42.2 Å². The molecular weight excluding hydrogens is 340 g/mol. The zero-order valence-electron chi connectivity index (χ0n) is 14.2. The van der Waals surface area contributed by atoms with Gasteiger partial charge in [0.05, 0.1) is 23.7 Å². The van der Waals surface area contributed by atoms with Crippen LogP contribution in [0, 0.1) is 0 Å². The van der Waals surface area contributed by atoms with E-state index in [0.717, 1.165) is 25.9 Å². The lowest BCUT2D eigenvalue weighted by Crippen LogP contribution is -2.25. The fourth-order valence-electron chi connectivity index (χ4n) is 2.69. The topological polar surface area (TPSA) is 84.4 Å². The summed E-state index contributed by atoms with van der Waals surface area (Å²) < 4.78 is 32.7. The van der Waals surface area contributed by atoms with Gasteiger partial charge in [-0.2, -0.15) is 0 Å². The summed E-state index contributed by atoms with van der Waals surface area (Å²) in [6.07, 6.45) is 3.94. The largest absolute Gasteiger partial charge is 0.494 e. The lowest BCUT2D eigenvalue weighted by atomic mass is 10.3. The lowest BCUT2D eigenvalue weighted by Gasteiger charge is -2.15. The first kappa shape index (κ1) is 17.6. The molecule has 0 unspecified atom stereocenters. The zero-order valence-corrected chi connectivity index (χ0v) is 15.0. The Morgan fingerprint density at radius 3 is 2.56 bits per heavy atom. The SMILES string of the molecule is CCOc1ccc(S(=O)(=O)NCc2ccnc(N3CCCC3)n2)cc1. The van der Waals surface area contributed by atoms with E-state index in [2.05, 4.69) is 19.6 Å². The van der Waals surface area contributed by atoms with Crippen LogP contribution in [0.3, 0.4) is 0 Å². The molecule has 3 rings (SSSR count). The van der Waals surface area contributed by atoms with E-state index >= 15 is 0 Å². The van der Waals surface area contributed by atoms with Gasteiger partial charge in [-0.25, -0.2) is 23.1 Å². The Kier molecular flexibility index (Phi) is 5.50. The van der Waals surface area contributed by atoms with Gasteiger partial charge >= 0.3 is 0 Å². The summed E-state index contributed by atoms with van der Waals surface area (Å²) in [5.74, 6) is 1.31. The minimum absolute atomic E-state index is 0.124. The summed E-state index contributed by atoms with van der Waals surface area (Å²) in [6.45, 7) is 4.43. The molecule has 0 bridgehead atoms. The third-order valence-electron chi connectivity index (χ3n) is 3.98. The first-order chi connectivity index (χ1) is 12.1. The van der Waals surface area contributed by atoms with E-state index < -0.39 is 10.0 Å². The smallest absolute Gasteiger partial charge is 0.240 e. The number of hydrogen-bond donors (Lipinski definition) is 1. The van der Waals surface area contributed by atoms with Gasteiger partial charge in [0.2, 0.25) is 16.0 Å². The number of nitrogens with zero attached hydrogens (tertiary/aromatic N) is 3. The summed E-state index contributed by atoms with van der Waals surface area (Å²) in [7, 11) is -3.60. The molecule has 25 heavy (non-hydrogen) atoms. The number of anilines is 1. The van der Waals surface area contributed by atoms with E-state index in [4.69, 9.17) is 4.74 Å². The highest BCUT2D eigenvalue weighted by molar-refractivity contribution is 7.89. The molecule has 7 nitrogen and oxygen atoms in total. The van der Waals surface area contributed by atoms with Crippen molar-refractivity contribution in [3.8, 4) is 5.75 Å². The molecule has 0 spiro atoms. The summed E-state index contributed by atoms with van der Waals surface area (Å²) in [6, 6.07) is 8.08. The zero-order chi connectivity index (χ0) is 17.7. The maximum absolute atomic E-state index is 12.4. The number of sulfonamides is 1. The van der Waals surface area contributed by atoms with Crippen LogP contribution in [0.1, 0.15) is 25.5 Å². The molecule has 0 radical (unpaired) electrons. The molecule has 1 aliphatic rings. The second kappa shape index (κ2) is 7.79. The molecule has 0 amide bonds. The van der Waals surface area contributed by atoms with Crippen molar-refractivity contribution in [1.29, 1.82) is 0 Å². The molecule has 1 saturated heterocycles. The molecule has 8 heteroatoms. The van der Waals surface area contributed by atoms with Crippen molar-refractivity contribution in [1.82, 2.24) is 14.7 Å². The van der Waals surface area contributed by atoms with E-state index in [9.17, 15) is 8.42 Å². The second-order valence-corrected chi connectivity index (χ2v) is 7.54. The first-order valence-corrected chi connectivity index (χ1v) is 9.86. The molecule has 2 heterocycles. The Hall–Kier alpha value is -2.19. The van der Waals surface area contributed by atoms with E-state index in [-0.39, 0.29) is 11.4 Å². The predicted octanol–water partition coefficient (Wildman–Crippen LogP) is 1.95. The highest BCUT2D eigenvalue weighted by Crippen LogP contribution is 2.17. The quantitative estimate of drug-likeness (QED) is 0.810. The van der Waals surface area contributed by atoms with Gasteiger partial charge in [0.1, 0.15) is 5.75 Å². The van der Waals surface area contributed by atoms with Crippen LogP contribution in [-0.4, -0.2) is 38.1 Å². The molecule has 0 saturated carbocycles. The van der Waals surface area contributed by atoms with Gasteiger partial charge in [0.25, 0.3) is 0 Å². The van der Waals surface area contributed by atoms with Crippen molar-refractivity contribution in [2.24, 2.45) is 0 Å². The summed E-state index contributed by atoms with van der Waals surface area (Å²) in [5.41, 5.74) is 0.645. The Bertz CT molecular complexity index is 803. The van der Waals surface area contributed by atoms with E-state index in [1.54, 1.807) is 24.4 Å². The molecule has 2 aromatic rings. The molecule has 1 N–H and O–H groups in total. The highest BCUT2D eigenvalue weighted by atomic mass is 32.2. The van der Waals surface area contributed by atoms with Gasteiger partial charge in [-0.05, 0) is 50.1 Å². The van der Waals surface area contributed by atoms with E-state index in [0.29, 0.717) is 24.0 Å². The third-order valence-corrected chi connectivity index (χ3v) is 5.39. The number of nitrogens with one attached hydrogen (secondary N) is 1. The molecule has 0 aliphatic carbocycles. The summed E-state index contributed by atoms with van der Waals surface area (Å²) in [5, 5.41) is 0.